The highest BCUT2D eigenvalue weighted by Gasteiger charge is 2.08. The van der Waals surface area contributed by atoms with Gasteiger partial charge in [-0.3, -0.25) is 9.11 Å². The fourth-order valence-corrected chi connectivity index (χ4v) is 5.34. The van der Waals surface area contributed by atoms with Crippen LogP contribution >= 0.6 is 0 Å². The normalized spacial score (nSPS) is 11.2. The largest absolute Gasteiger partial charge is 0.457 e. The van der Waals surface area contributed by atoms with Crippen LogP contribution in [0.3, 0.4) is 0 Å². The van der Waals surface area contributed by atoms with Crippen molar-refractivity contribution >= 4 is 10.4 Å². The molecule has 0 aromatic heterocycles. The van der Waals surface area contributed by atoms with Crippen molar-refractivity contribution in [2.24, 2.45) is 0 Å². The maximum absolute atomic E-state index is 8.74. The molecule has 0 aliphatic heterocycles. The fourth-order valence-electron chi connectivity index (χ4n) is 5.34. The van der Waals surface area contributed by atoms with Crippen molar-refractivity contribution in [3.05, 3.63) is 59.7 Å². The summed E-state index contributed by atoms with van der Waals surface area (Å²) < 4.78 is 38.1. The lowest BCUT2D eigenvalue weighted by atomic mass is 10.0. The van der Waals surface area contributed by atoms with E-state index >= 15 is 0 Å². The van der Waals surface area contributed by atoms with Crippen LogP contribution in [-0.4, -0.2) is 17.5 Å². The molecule has 0 unspecified atom stereocenters. The van der Waals surface area contributed by atoms with Gasteiger partial charge in [-0.1, -0.05) is 166 Å². The van der Waals surface area contributed by atoms with Gasteiger partial charge < -0.3 is 4.74 Å². The van der Waals surface area contributed by atoms with Crippen molar-refractivity contribution in [1.82, 2.24) is 0 Å². The molecule has 0 saturated carbocycles. The van der Waals surface area contributed by atoms with E-state index in [0.717, 1.165) is 24.3 Å². The number of aryl methyl sites for hydroxylation is 2. The van der Waals surface area contributed by atoms with Gasteiger partial charge in [-0.2, -0.15) is 8.42 Å². The van der Waals surface area contributed by atoms with E-state index in [0.29, 0.717) is 0 Å². The van der Waals surface area contributed by atoms with Crippen molar-refractivity contribution in [1.29, 1.82) is 0 Å². The van der Waals surface area contributed by atoms with Crippen LogP contribution < -0.4 is 4.74 Å². The third-order valence-electron chi connectivity index (χ3n) is 7.76. The summed E-state index contributed by atoms with van der Waals surface area (Å²) in [5.41, 5.74) is 2.71. The number of ether oxygens (including phenoxy) is 1. The Morgan fingerprint density at radius 2 is 0.738 bits per heavy atom. The second-order valence-corrected chi connectivity index (χ2v) is 12.5. The van der Waals surface area contributed by atoms with Crippen LogP contribution in [0.15, 0.2) is 48.5 Å². The maximum Gasteiger partial charge on any atom is 0.394 e. The van der Waals surface area contributed by atoms with Crippen LogP contribution in [0.4, 0.5) is 0 Å². The lowest BCUT2D eigenvalue weighted by molar-refractivity contribution is 0.381. The maximum atomic E-state index is 8.74. The summed E-state index contributed by atoms with van der Waals surface area (Å²) in [7, 11) is -4.67. The molecule has 0 saturated heterocycles. The molecule has 2 aromatic rings. The van der Waals surface area contributed by atoms with E-state index in [-0.39, 0.29) is 0 Å². The number of unbranched alkanes of at least 4 members (excludes halogenated alkanes) is 18. The molecule has 42 heavy (non-hydrogen) atoms. The van der Waals surface area contributed by atoms with Gasteiger partial charge in [0.05, 0.1) is 0 Å². The standard InChI is InChI=1S/C36H58O.H2O4S/c1-3-5-7-9-11-13-15-17-19-21-27-33-29-23-25-31-35(33)37-36-32-26-24-30-34(36)28-22-20-18-16-14-12-10-8-6-4-2;1-5(2,3)4/h23-26,29-32H,3-22,27-28H2,1-2H3;(H2,1,2,3,4). The lowest BCUT2D eigenvalue weighted by Gasteiger charge is -2.14. The van der Waals surface area contributed by atoms with Gasteiger partial charge in [0.1, 0.15) is 11.5 Å². The molecular weight excluding hydrogens is 544 g/mol. The zero-order valence-corrected chi connectivity index (χ0v) is 27.5. The van der Waals surface area contributed by atoms with E-state index < -0.39 is 10.4 Å². The van der Waals surface area contributed by atoms with Crippen molar-refractivity contribution in [3.63, 3.8) is 0 Å². The van der Waals surface area contributed by atoms with E-state index in [9.17, 15) is 0 Å². The Bertz CT molecular complexity index is 932. The predicted octanol–water partition coefficient (Wildman–Crippen LogP) is 11.8. The second-order valence-electron chi connectivity index (χ2n) is 11.6. The highest BCUT2D eigenvalue weighted by atomic mass is 32.3. The minimum absolute atomic E-state index is 1.05. The third kappa shape index (κ3) is 22.7. The van der Waals surface area contributed by atoms with Crippen molar-refractivity contribution in [2.75, 3.05) is 0 Å². The van der Waals surface area contributed by atoms with Crippen molar-refractivity contribution in [3.8, 4) is 11.5 Å². The van der Waals surface area contributed by atoms with Crippen molar-refractivity contribution in [2.45, 2.75) is 155 Å². The second kappa shape index (κ2) is 25.6. The first-order chi connectivity index (χ1) is 20.3. The molecule has 0 spiro atoms. The van der Waals surface area contributed by atoms with Gasteiger partial charge in [0.25, 0.3) is 0 Å². The zero-order valence-electron chi connectivity index (χ0n) is 26.7. The van der Waals surface area contributed by atoms with Crippen LogP contribution in [0.25, 0.3) is 0 Å². The Balaban J connectivity index is 0.00000162. The van der Waals surface area contributed by atoms with E-state index in [4.69, 9.17) is 22.3 Å². The van der Waals surface area contributed by atoms with Crippen LogP contribution in [0, 0.1) is 0 Å². The van der Waals surface area contributed by atoms with Crippen LogP contribution in [0.5, 0.6) is 11.5 Å². The highest BCUT2D eigenvalue weighted by Crippen LogP contribution is 2.30. The molecule has 0 radical (unpaired) electrons. The lowest BCUT2D eigenvalue weighted by Crippen LogP contribution is -1.96. The van der Waals surface area contributed by atoms with Crippen molar-refractivity contribution < 1.29 is 22.3 Å². The van der Waals surface area contributed by atoms with Crippen LogP contribution in [0.1, 0.15) is 153 Å². The molecule has 2 rings (SSSR count). The topological polar surface area (TPSA) is 83.8 Å². The highest BCUT2D eigenvalue weighted by molar-refractivity contribution is 7.79. The molecule has 5 nitrogen and oxygen atoms in total. The van der Waals surface area contributed by atoms with E-state index in [1.54, 1.807) is 0 Å². The summed E-state index contributed by atoms with van der Waals surface area (Å²) in [6, 6.07) is 17.4. The molecule has 0 aliphatic rings. The summed E-state index contributed by atoms with van der Waals surface area (Å²) in [6.45, 7) is 4.59. The Labute approximate surface area is 258 Å². The van der Waals surface area contributed by atoms with Gasteiger partial charge in [-0.15, -0.1) is 0 Å². The van der Waals surface area contributed by atoms with Gasteiger partial charge >= 0.3 is 10.4 Å². The van der Waals surface area contributed by atoms with Gasteiger partial charge in [-0.25, -0.2) is 0 Å². The molecule has 0 aliphatic carbocycles. The first kappa shape index (κ1) is 38.1. The molecule has 0 bridgehead atoms. The molecule has 2 aromatic carbocycles. The summed E-state index contributed by atoms with van der Waals surface area (Å²) in [5, 5.41) is 0. The smallest absolute Gasteiger partial charge is 0.394 e. The molecule has 240 valence electrons. The average molecular weight is 605 g/mol. The quantitative estimate of drug-likeness (QED) is 0.0919. The molecule has 6 heteroatoms. The summed E-state index contributed by atoms with van der Waals surface area (Å²) in [4.78, 5) is 0. The number of hydrogen-bond donors (Lipinski definition) is 2. The van der Waals surface area contributed by atoms with E-state index in [1.807, 2.05) is 0 Å². The van der Waals surface area contributed by atoms with E-state index in [1.165, 1.54) is 140 Å². The van der Waals surface area contributed by atoms with Crippen LogP contribution in [0.2, 0.25) is 0 Å². The number of benzene rings is 2. The summed E-state index contributed by atoms with van der Waals surface area (Å²) in [5.74, 6) is 2.10. The zero-order chi connectivity index (χ0) is 30.7. The average Bonchev–Trinajstić information content (AvgIpc) is 2.96. The third-order valence-corrected chi connectivity index (χ3v) is 7.76. The Morgan fingerprint density at radius 3 is 1.05 bits per heavy atom. The molecular formula is C36H60O5S. The van der Waals surface area contributed by atoms with Gasteiger partial charge in [-0.05, 0) is 48.9 Å². The first-order valence-corrected chi connectivity index (χ1v) is 18.3. The Kier molecular flexibility index (Phi) is 23.2. The van der Waals surface area contributed by atoms with Crippen LogP contribution in [-0.2, 0) is 23.2 Å². The summed E-state index contributed by atoms with van der Waals surface area (Å²) >= 11 is 0. The minimum Gasteiger partial charge on any atom is -0.457 e. The van der Waals surface area contributed by atoms with Gasteiger partial charge in [0.15, 0.2) is 0 Å². The molecule has 0 atom stereocenters. The molecule has 0 heterocycles. The monoisotopic (exact) mass is 604 g/mol. The summed E-state index contributed by atoms with van der Waals surface area (Å²) in [6.07, 6.45) is 29.9. The number of rotatable bonds is 24. The fraction of sp³-hybridized carbons (Fsp3) is 0.667. The number of hydrogen-bond acceptors (Lipinski definition) is 3. The first-order valence-electron chi connectivity index (χ1n) is 16.9. The molecule has 0 amide bonds. The van der Waals surface area contributed by atoms with E-state index in [2.05, 4.69) is 62.4 Å². The predicted molar refractivity (Wildman–Crippen MR) is 178 cm³/mol. The molecule has 2 N–H and O–H groups in total. The molecule has 0 fully saturated rings. The van der Waals surface area contributed by atoms with Gasteiger partial charge in [0.2, 0.25) is 0 Å². The Hall–Kier alpha value is -1.89. The van der Waals surface area contributed by atoms with Gasteiger partial charge in [0, 0.05) is 0 Å². The minimum atomic E-state index is -4.67. The Morgan fingerprint density at radius 1 is 0.476 bits per heavy atom. The number of para-hydroxylation sites is 2. The SMILES string of the molecule is CCCCCCCCCCCCc1ccccc1Oc1ccccc1CCCCCCCCCCCC.O=S(=O)(O)O.